The topological polar surface area (TPSA) is 17.1 Å². The Morgan fingerprint density at radius 2 is 1.21 bits per heavy atom. The standard InChI is InChI=1S/C18H34O/c1-3-4-5-6-7-8-9-10-11-12-13-14-15-16-17-18(2)19/h10-11H,3-9,12-17H2,1-2H3/b11-10-. The lowest BCUT2D eigenvalue weighted by molar-refractivity contribution is -0.117. The molecule has 0 saturated carbocycles. The van der Waals surface area contributed by atoms with Crippen molar-refractivity contribution < 1.29 is 4.79 Å². The van der Waals surface area contributed by atoms with Crippen LogP contribution in [-0.4, -0.2) is 5.78 Å². The monoisotopic (exact) mass is 266 g/mol. The van der Waals surface area contributed by atoms with Gasteiger partial charge in [0.05, 0.1) is 0 Å². The highest BCUT2D eigenvalue weighted by Gasteiger charge is 1.93. The minimum atomic E-state index is 0.332. The summed E-state index contributed by atoms with van der Waals surface area (Å²) < 4.78 is 0. The molecular formula is C18H34O. The van der Waals surface area contributed by atoms with E-state index >= 15 is 0 Å². The first-order valence-corrected chi connectivity index (χ1v) is 8.41. The number of unbranched alkanes of at least 4 members (excludes halogenated alkanes) is 10. The summed E-state index contributed by atoms with van der Waals surface area (Å²) in [6.45, 7) is 3.95. The highest BCUT2D eigenvalue weighted by atomic mass is 16.1. The number of allylic oxidation sites excluding steroid dienone is 2. The van der Waals surface area contributed by atoms with Gasteiger partial charge >= 0.3 is 0 Å². The lowest BCUT2D eigenvalue weighted by Crippen LogP contribution is -1.88. The van der Waals surface area contributed by atoms with Crippen LogP contribution in [0, 0.1) is 0 Å². The molecule has 0 unspecified atom stereocenters. The third-order valence-corrected chi connectivity index (χ3v) is 3.54. The average Bonchev–Trinajstić information content (AvgIpc) is 2.39. The molecule has 0 radical (unpaired) electrons. The third-order valence-electron chi connectivity index (χ3n) is 3.54. The first-order chi connectivity index (χ1) is 9.27. The summed E-state index contributed by atoms with van der Waals surface area (Å²) in [5.74, 6) is 0.332. The maximum Gasteiger partial charge on any atom is 0.129 e. The van der Waals surface area contributed by atoms with Crippen LogP contribution in [0.4, 0.5) is 0 Å². The number of hydrogen-bond acceptors (Lipinski definition) is 1. The van der Waals surface area contributed by atoms with E-state index in [1.807, 2.05) is 0 Å². The Bertz CT molecular complexity index is 218. The molecule has 0 aromatic carbocycles. The number of hydrogen-bond donors (Lipinski definition) is 0. The smallest absolute Gasteiger partial charge is 0.129 e. The summed E-state index contributed by atoms with van der Waals surface area (Å²) in [5, 5.41) is 0. The van der Waals surface area contributed by atoms with Gasteiger partial charge in [-0.05, 0) is 39.0 Å². The van der Waals surface area contributed by atoms with Crippen molar-refractivity contribution in [1.82, 2.24) is 0 Å². The molecule has 0 amide bonds. The van der Waals surface area contributed by atoms with Gasteiger partial charge < -0.3 is 4.79 Å². The van der Waals surface area contributed by atoms with Gasteiger partial charge in [-0.2, -0.15) is 0 Å². The molecule has 0 rings (SSSR count). The third kappa shape index (κ3) is 17.4. The van der Waals surface area contributed by atoms with Gasteiger partial charge in [0.2, 0.25) is 0 Å². The largest absolute Gasteiger partial charge is 0.300 e. The van der Waals surface area contributed by atoms with Gasteiger partial charge in [0.25, 0.3) is 0 Å². The van der Waals surface area contributed by atoms with Crippen LogP contribution >= 0.6 is 0 Å². The zero-order valence-corrected chi connectivity index (χ0v) is 13.3. The Labute approximate surface area is 120 Å². The zero-order chi connectivity index (χ0) is 14.2. The van der Waals surface area contributed by atoms with Gasteiger partial charge in [-0.25, -0.2) is 0 Å². The summed E-state index contributed by atoms with van der Waals surface area (Å²) in [4.78, 5) is 10.8. The number of carbonyl (C=O) groups excluding carboxylic acids is 1. The van der Waals surface area contributed by atoms with Crippen molar-refractivity contribution in [3.05, 3.63) is 12.2 Å². The Hall–Kier alpha value is -0.590. The molecule has 112 valence electrons. The van der Waals surface area contributed by atoms with Gasteiger partial charge in [-0.3, -0.25) is 0 Å². The molecule has 0 aliphatic rings. The minimum Gasteiger partial charge on any atom is -0.300 e. The van der Waals surface area contributed by atoms with Crippen molar-refractivity contribution in [3.8, 4) is 0 Å². The fourth-order valence-electron chi connectivity index (χ4n) is 2.27. The van der Waals surface area contributed by atoms with E-state index in [1.165, 1.54) is 70.6 Å². The average molecular weight is 266 g/mol. The van der Waals surface area contributed by atoms with Crippen molar-refractivity contribution in [2.45, 2.75) is 97.3 Å². The van der Waals surface area contributed by atoms with Gasteiger partial charge in [0.1, 0.15) is 5.78 Å². The minimum absolute atomic E-state index is 0.332. The van der Waals surface area contributed by atoms with Crippen molar-refractivity contribution in [3.63, 3.8) is 0 Å². The molecule has 1 heteroatoms. The van der Waals surface area contributed by atoms with Crippen LogP contribution in [0.2, 0.25) is 0 Å². The van der Waals surface area contributed by atoms with Crippen LogP contribution in [-0.2, 0) is 4.79 Å². The Balaban J connectivity index is 3.07. The second-order valence-electron chi connectivity index (χ2n) is 5.68. The van der Waals surface area contributed by atoms with Crippen molar-refractivity contribution in [2.24, 2.45) is 0 Å². The van der Waals surface area contributed by atoms with E-state index in [9.17, 15) is 4.79 Å². The number of Topliss-reactive ketones (excluding diaryl/α,β-unsaturated/α-hetero) is 1. The summed E-state index contributed by atoms with van der Waals surface area (Å²) >= 11 is 0. The van der Waals surface area contributed by atoms with Gasteiger partial charge in [-0.1, -0.05) is 64.0 Å². The number of ketones is 1. The van der Waals surface area contributed by atoms with Crippen LogP contribution in [0.15, 0.2) is 12.2 Å². The molecule has 0 saturated heterocycles. The van der Waals surface area contributed by atoms with E-state index in [2.05, 4.69) is 19.1 Å². The zero-order valence-electron chi connectivity index (χ0n) is 13.3. The second-order valence-corrected chi connectivity index (χ2v) is 5.68. The van der Waals surface area contributed by atoms with Crippen LogP contribution < -0.4 is 0 Å². The predicted molar refractivity (Wildman–Crippen MR) is 85.5 cm³/mol. The summed E-state index contributed by atoms with van der Waals surface area (Å²) in [7, 11) is 0. The molecule has 0 aromatic heterocycles. The maximum atomic E-state index is 10.8. The van der Waals surface area contributed by atoms with Crippen molar-refractivity contribution in [1.29, 1.82) is 0 Å². The van der Waals surface area contributed by atoms with E-state index < -0.39 is 0 Å². The summed E-state index contributed by atoms with van der Waals surface area (Å²) in [5.41, 5.74) is 0. The Morgan fingerprint density at radius 1 is 0.737 bits per heavy atom. The molecule has 0 aromatic rings. The van der Waals surface area contributed by atoms with Gasteiger partial charge in [0.15, 0.2) is 0 Å². The molecule has 0 spiro atoms. The van der Waals surface area contributed by atoms with Gasteiger partial charge in [0, 0.05) is 6.42 Å². The fraction of sp³-hybridized carbons (Fsp3) is 0.833. The van der Waals surface area contributed by atoms with E-state index in [-0.39, 0.29) is 0 Å². The quantitative estimate of drug-likeness (QED) is 0.269. The fourth-order valence-corrected chi connectivity index (χ4v) is 2.27. The van der Waals surface area contributed by atoms with Crippen molar-refractivity contribution >= 4 is 5.78 Å². The lowest BCUT2D eigenvalue weighted by Gasteiger charge is -1.98. The van der Waals surface area contributed by atoms with E-state index in [0.29, 0.717) is 5.78 Å². The molecule has 1 nitrogen and oxygen atoms in total. The highest BCUT2D eigenvalue weighted by molar-refractivity contribution is 5.75. The Morgan fingerprint density at radius 3 is 1.74 bits per heavy atom. The normalized spacial score (nSPS) is 11.3. The lowest BCUT2D eigenvalue weighted by atomic mass is 10.1. The molecular weight excluding hydrogens is 232 g/mol. The second kappa shape index (κ2) is 15.5. The number of rotatable bonds is 14. The molecule has 0 aliphatic heterocycles. The molecule has 0 bridgehead atoms. The molecule has 0 fully saturated rings. The van der Waals surface area contributed by atoms with Crippen LogP contribution in [0.25, 0.3) is 0 Å². The van der Waals surface area contributed by atoms with Crippen LogP contribution in [0.1, 0.15) is 97.3 Å². The molecule has 0 N–H and O–H groups in total. The van der Waals surface area contributed by atoms with Crippen LogP contribution in [0.3, 0.4) is 0 Å². The molecule has 19 heavy (non-hydrogen) atoms. The first kappa shape index (κ1) is 18.4. The van der Waals surface area contributed by atoms with E-state index in [4.69, 9.17) is 0 Å². The Kier molecular flexibility index (Phi) is 15.0. The SMILES string of the molecule is CCCCCCCC/C=C\CCCCCCC(C)=O. The van der Waals surface area contributed by atoms with Crippen LogP contribution in [0.5, 0.6) is 0 Å². The van der Waals surface area contributed by atoms with E-state index in [0.717, 1.165) is 12.8 Å². The highest BCUT2D eigenvalue weighted by Crippen LogP contribution is 2.09. The summed E-state index contributed by atoms with van der Waals surface area (Å²) in [6.07, 6.45) is 21.1. The maximum absolute atomic E-state index is 10.8. The van der Waals surface area contributed by atoms with Crippen molar-refractivity contribution in [2.75, 3.05) is 0 Å². The predicted octanol–water partition coefficient (Wildman–Crippen LogP) is 6.22. The molecule has 0 aliphatic carbocycles. The molecule has 0 atom stereocenters. The molecule has 0 heterocycles. The first-order valence-electron chi connectivity index (χ1n) is 8.41. The van der Waals surface area contributed by atoms with Gasteiger partial charge in [-0.15, -0.1) is 0 Å². The summed E-state index contributed by atoms with van der Waals surface area (Å²) in [6, 6.07) is 0. The van der Waals surface area contributed by atoms with E-state index in [1.54, 1.807) is 6.92 Å². The number of carbonyl (C=O) groups is 1.